The van der Waals surface area contributed by atoms with Crippen LogP contribution in [0.25, 0.3) is 10.9 Å². The summed E-state index contributed by atoms with van der Waals surface area (Å²) >= 11 is 0. The van der Waals surface area contributed by atoms with Gasteiger partial charge in [-0.1, -0.05) is 30.3 Å². The zero-order valence-electron chi connectivity index (χ0n) is 15.9. The Labute approximate surface area is 164 Å². The average Bonchev–Trinajstić information content (AvgIpc) is 3.20. The summed E-state index contributed by atoms with van der Waals surface area (Å²) < 4.78 is 10.8. The molecule has 3 aromatic rings. The molecule has 0 unspecified atom stereocenters. The predicted molar refractivity (Wildman–Crippen MR) is 111 cm³/mol. The third-order valence-corrected chi connectivity index (χ3v) is 4.77. The van der Waals surface area contributed by atoms with Crippen molar-refractivity contribution in [3.63, 3.8) is 0 Å². The number of fused-ring (bicyclic) bond motifs is 2. The van der Waals surface area contributed by atoms with Crippen LogP contribution in [-0.2, 0) is 12.8 Å². The van der Waals surface area contributed by atoms with Crippen molar-refractivity contribution in [3.8, 4) is 11.5 Å². The van der Waals surface area contributed by atoms with Crippen LogP contribution >= 0.6 is 0 Å². The number of guanidine groups is 1. The van der Waals surface area contributed by atoms with E-state index in [1.165, 1.54) is 16.5 Å². The number of para-hydroxylation sites is 1. The highest BCUT2D eigenvalue weighted by Crippen LogP contribution is 2.32. The van der Waals surface area contributed by atoms with Crippen LogP contribution in [0.15, 0.2) is 59.7 Å². The number of aromatic nitrogens is 1. The van der Waals surface area contributed by atoms with E-state index in [2.05, 4.69) is 50.9 Å². The molecular formula is C22H24N4O2. The van der Waals surface area contributed by atoms with E-state index in [4.69, 9.17) is 9.47 Å². The van der Waals surface area contributed by atoms with Gasteiger partial charge < -0.3 is 20.1 Å². The van der Waals surface area contributed by atoms with Gasteiger partial charge in [0.1, 0.15) is 0 Å². The fraction of sp³-hybridized carbons (Fsp3) is 0.273. The summed E-state index contributed by atoms with van der Waals surface area (Å²) in [5.74, 6) is 2.44. The minimum atomic E-state index is 0.305. The standard InChI is InChI=1S/C22H24N4O2/c1-23-22(25-12-9-16-7-8-19-20(14-16)28-15-27-19)26-13-10-18-5-2-4-17-6-3-11-24-21(17)18/h2-8,11,14H,9-10,12-13,15H2,1H3,(H2,23,25,26). The highest BCUT2D eigenvalue weighted by atomic mass is 16.7. The molecule has 1 aliphatic rings. The van der Waals surface area contributed by atoms with Crippen LogP contribution in [0, 0.1) is 0 Å². The molecule has 2 heterocycles. The van der Waals surface area contributed by atoms with Gasteiger partial charge in [0, 0.05) is 31.7 Å². The van der Waals surface area contributed by atoms with E-state index in [1.807, 2.05) is 24.4 Å². The summed E-state index contributed by atoms with van der Waals surface area (Å²) in [5, 5.41) is 7.91. The van der Waals surface area contributed by atoms with Gasteiger partial charge in [0.05, 0.1) is 5.52 Å². The van der Waals surface area contributed by atoms with Crippen molar-refractivity contribution in [2.75, 3.05) is 26.9 Å². The van der Waals surface area contributed by atoms with Crippen molar-refractivity contribution in [2.24, 2.45) is 4.99 Å². The summed E-state index contributed by atoms with van der Waals surface area (Å²) in [6.45, 7) is 1.88. The summed E-state index contributed by atoms with van der Waals surface area (Å²) in [6.07, 6.45) is 3.61. The Hall–Kier alpha value is -3.28. The number of benzene rings is 2. The number of aliphatic imine (C=N–C) groups is 1. The van der Waals surface area contributed by atoms with Gasteiger partial charge in [0.2, 0.25) is 6.79 Å². The van der Waals surface area contributed by atoms with Gasteiger partial charge in [-0.15, -0.1) is 0 Å². The first kappa shape index (κ1) is 18.1. The maximum absolute atomic E-state index is 5.43. The van der Waals surface area contributed by atoms with Crippen molar-refractivity contribution >= 4 is 16.9 Å². The first-order valence-corrected chi connectivity index (χ1v) is 9.49. The lowest BCUT2D eigenvalue weighted by Crippen LogP contribution is -2.39. The number of hydrogen-bond acceptors (Lipinski definition) is 4. The molecular weight excluding hydrogens is 352 g/mol. The highest BCUT2D eigenvalue weighted by Gasteiger charge is 2.13. The predicted octanol–water partition coefficient (Wildman–Crippen LogP) is 2.91. The van der Waals surface area contributed by atoms with E-state index in [-0.39, 0.29) is 0 Å². The molecule has 0 amide bonds. The van der Waals surface area contributed by atoms with Crippen molar-refractivity contribution in [1.82, 2.24) is 15.6 Å². The molecule has 0 saturated carbocycles. The van der Waals surface area contributed by atoms with Gasteiger partial charge in [-0.25, -0.2) is 0 Å². The van der Waals surface area contributed by atoms with Gasteiger partial charge in [0.15, 0.2) is 17.5 Å². The Balaban J connectivity index is 1.26. The zero-order valence-corrected chi connectivity index (χ0v) is 15.9. The molecule has 28 heavy (non-hydrogen) atoms. The van der Waals surface area contributed by atoms with E-state index in [0.29, 0.717) is 6.79 Å². The van der Waals surface area contributed by atoms with Crippen LogP contribution in [-0.4, -0.2) is 37.9 Å². The Bertz CT molecular complexity index is 982. The summed E-state index contributed by atoms with van der Waals surface area (Å²) in [6, 6.07) is 16.4. The van der Waals surface area contributed by atoms with Crippen LogP contribution in [0.1, 0.15) is 11.1 Å². The summed E-state index contributed by atoms with van der Waals surface area (Å²) in [7, 11) is 1.79. The monoisotopic (exact) mass is 376 g/mol. The molecule has 4 rings (SSSR count). The topological polar surface area (TPSA) is 67.8 Å². The first-order valence-electron chi connectivity index (χ1n) is 9.49. The first-order chi connectivity index (χ1) is 13.8. The minimum Gasteiger partial charge on any atom is -0.454 e. The molecule has 6 nitrogen and oxygen atoms in total. The highest BCUT2D eigenvalue weighted by molar-refractivity contribution is 5.82. The number of nitrogens with one attached hydrogen (secondary N) is 2. The quantitative estimate of drug-likeness (QED) is 0.511. The molecule has 144 valence electrons. The fourth-order valence-corrected chi connectivity index (χ4v) is 3.33. The molecule has 0 aliphatic carbocycles. The van der Waals surface area contributed by atoms with E-state index in [0.717, 1.165) is 48.9 Å². The zero-order chi connectivity index (χ0) is 19.2. The number of rotatable bonds is 6. The summed E-state index contributed by atoms with van der Waals surface area (Å²) in [4.78, 5) is 8.82. The van der Waals surface area contributed by atoms with Crippen molar-refractivity contribution in [1.29, 1.82) is 0 Å². The Morgan fingerprint density at radius 1 is 1.00 bits per heavy atom. The van der Waals surface area contributed by atoms with Crippen LogP contribution in [0.3, 0.4) is 0 Å². The molecule has 0 radical (unpaired) electrons. The summed E-state index contributed by atoms with van der Waals surface area (Å²) in [5.41, 5.74) is 3.51. The van der Waals surface area contributed by atoms with E-state index >= 15 is 0 Å². The molecule has 0 saturated heterocycles. The van der Waals surface area contributed by atoms with Crippen molar-refractivity contribution in [3.05, 3.63) is 65.9 Å². The molecule has 0 fully saturated rings. The molecule has 6 heteroatoms. The second-order valence-electron chi connectivity index (χ2n) is 6.61. The number of nitrogens with zero attached hydrogens (tertiary/aromatic N) is 2. The van der Waals surface area contributed by atoms with E-state index in [9.17, 15) is 0 Å². The van der Waals surface area contributed by atoms with Crippen molar-refractivity contribution in [2.45, 2.75) is 12.8 Å². The molecule has 1 aromatic heterocycles. The lowest BCUT2D eigenvalue weighted by molar-refractivity contribution is 0.174. The lowest BCUT2D eigenvalue weighted by atomic mass is 10.1. The Morgan fingerprint density at radius 3 is 2.71 bits per heavy atom. The molecule has 1 aliphatic heterocycles. The Morgan fingerprint density at radius 2 is 1.82 bits per heavy atom. The van der Waals surface area contributed by atoms with Crippen LogP contribution in [0.5, 0.6) is 11.5 Å². The maximum Gasteiger partial charge on any atom is 0.231 e. The SMILES string of the molecule is CN=C(NCCc1ccc2c(c1)OCO2)NCCc1cccc2cccnc12. The lowest BCUT2D eigenvalue weighted by Gasteiger charge is -2.12. The molecule has 0 bridgehead atoms. The van der Waals surface area contributed by atoms with Gasteiger partial charge in [-0.3, -0.25) is 9.98 Å². The third-order valence-electron chi connectivity index (χ3n) is 4.77. The van der Waals surface area contributed by atoms with Gasteiger partial charge in [0.25, 0.3) is 0 Å². The van der Waals surface area contributed by atoms with Crippen LogP contribution < -0.4 is 20.1 Å². The third kappa shape index (κ3) is 4.17. The second-order valence-corrected chi connectivity index (χ2v) is 6.61. The largest absolute Gasteiger partial charge is 0.454 e. The molecule has 2 N–H and O–H groups in total. The maximum atomic E-state index is 5.43. The molecule has 2 aromatic carbocycles. The smallest absolute Gasteiger partial charge is 0.231 e. The van der Waals surface area contributed by atoms with Crippen molar-refractivity contribution < 1.29 is 9.47 Å². The van der Waals surface area contributed by atoms with E-state index < -0.39 is 0 Å². The average molecular weight is 376 g/mol. The Kier molecular flexibility index (Phi) is 5.56. The molecule has 0 spiro atoms. The second kappa shape index (κ2) is 8.61. The number of pyridine rings is 1. The number of hydrogen-bond donors (Lipinski definition) is 2. The van der Waals surface area contributed by atoms with Crippen LogP contribution in [0.4, 0.5) is 0 Å². The van der Waals surface area contributed by atoms with Crippen LogP contribution in [0.2, 0.25) is 0 Å². The van der Waals surface area contributed by atoms with E-state index in [1.54, 1.807) is 7.05 Å². The van der Waals surface area contributed by atoms with Gasteiger partial charge in [-0.05, 0) is 42.2 Å². The normalized spacial score (nSPS) is 13.0. The fourth-order valence-electron chi connectivity index (χ4n) is 3.33. The van der Waals surface area contributed by atoms with Gasteiger partial charge >= 0.3 is 0 Å². The molecule has 0 atom stereocenters. The minimum absolute atomic E-state index is 0.305. The van der Waals surface area contributed by atoms with Gasteiger partial charge in [-0.2, -0.15) is 0 Å². The number of ether oxygens (including phenoxy) is 2.